The maximum atomic E-state index is 12.2. The molecular formula is C15H17Cl2N3O2. The van der Waals surface area contributed by atoms with E-state index in [9.17, 15) is 9.90 Å². The third-order valence-corrected chi connectivity index (χ3v) is 3.73. The molecule has 1 amide bonds. The molecule has 2 aromatic rings. The summed E-state index contributed by atoms with van der Waals surface area (Å²) in [5.41, 5.74) is 0.966. The maximum absolute atomic E-state index is 12.2. The minimum atomic E-state index is -0.913. The highest BCUT2D eigenvalue weighted by Gasteiger charge is 2.17. The van der Waals surface area contributed by atoms with Crippen LogP contribution in [0.25, 0.3) is 0 Å². The van der Waals surface area contributed by atoms with Crippen LogP contribution in [0.3, 0.4) is 0 Å². The Morgan fingerprint density at radius 2 is 2.09 bits per heavy atom. The van der Waals surface area contributed by atoms with Crippen molar-refractivity contribution in [3.05, 3.63) is 51.8 Å². The van der Waals surface area contributed by atoms with E-state index in [0.29, 0.717) is 21.3 Å². The molecule has 0 fully saturated rings. The van der Waals surface area contributed by atoms with E-state index in [4.69, 9.17) is 23.2 Å². The first-order valence-corrected chi connectivity index (χ1v) is 7.60. The molecule has 1 heterocycles. The van der Waals surface area contributed by atoms with Gasteiger partial charge in [-0.15, -0.1) is 0 Å². The third kappa shape index (κ3) is 3.80. The van der Waals surface area contributed by atoms with Gasteiger partial charge in [-0.05, 0) is 32.0 Å². The largest absolute Gasteiger partial charge is 0.387 e. The van der Waals surface area contributed by atoms with Crippen LogP contribution in [0.15, 0.2) is 30.5 Å². The Morgan fingerprint density at radius 3 is 2.73 bits per heavy atom. The fourth-order valence-corrected chi connectivity index (χ4v) is 2.60. The molecule has 0 aliphatic heterocycles. The number of hydrogen-bond donors (Lipinski definition) is 2. The first kappa shape index (κ1) is 16.8. The summed E-state index contributed by atoms with van der Waals surface area (Å²) in [6, 6.07) is 6.54. The smallest absolute Gasteiger partial charge is 0.269 e. The van der Waals surface area contributed by atoms with Crippen LogP contribution >= 0.6 is 23.2 Å². The highest BCUT2D eigenvalue weighted by Crippen LogP contribution is 2.26. The molecule has 1 atom stereocenters. The lowest BCUT2D eigenvalue weighted by molar-refractivity contribution is 0.0904. The van der Waals surface area contributed by atoms with Gasteiger partial charge in [0.2, 0.25) is 0 Å². The monoisotopic (exact) mass is 341 g/mol. The van der Waals surface area contributed by atoms with Gasteiger partial charge in [0.25, 0.3) is 5.91 Å². The van der Waals surface area contributed by atoms with Crippen LogP contribution in [0.5, 0.6) is 0 Å². The van der Waals surface area contributed by atoms with Crippen LogP contribution in [0.4, 0.5) is 0 Å². The highest BCUT2D eigenvalue weighted by molar-refractivity contribution is 6.35. The number of hydrogen-bond acceptors (Lipinski definition) is 3. The Bertz CT molecular complexity index is 671. The van der Waals surface area contributed by atoms with Crippen molar-refractivity contribution in [2.45, 2.75) is 26.0 Å². The van der Waals surface area contributed by atoms with Crippen LogP contribution < -0.4 is 5.32 Å². The van der Waals surface area contributed by atoms with Gasteiger partial charge in [-0.1, -0.05) is 29.3 Å². The van der Waals surface area contributed by atoms with Gasteiger partial charge in [-0.2, -0.15) is 5.10 Å². The number of nitrogens with one attached hydrogen (secondary N) is 1. The van der Waals surface area contributed by atoms with Gasteiger partial charge >= 0.3 is 0 Å². The molecule has 1 aromatic carbocycles. The summed E-state index contributed by atoms with van der Waals surface area (Å²) in [4.78, 5) is 12.2. The third-order valence-electron chi connectivity index (χ3n) is 3.17. The van der Waals surface area contributed by atoms with Crippen LogP contribution in [-0.4, -0.2) is 27.3 Å². The van der Waals surface area contributed by atoms with Crippen molar-refractivity contribution in [2.75, 3.05) is 6.54 Å². The number of carbonyl (C=O) groups is 1. The zero-order chi connectivity index (χ0) is 16.3. The molecule has 0 saturated heterocycles. The van der Waals surface area contributed by atoms with E-state index in [2.05, 4.69) is 10.4 Å². The summed E-state index contributed by atoms with van der Waals surface area (Å²) in [7, 11) is 0. The summed E-state index contributed by atoms with van der Waals surface area (Å²) < 4.78 is 1.62. The van der Waals surface area contributed by atoms with Crippen LogP contribution in [-0.2, 0) is 0 Å². The number of rotatable bonds is 5. The van der Waals surface area contributed by atoms with Gasteiger partial charge < -0.3 is 10.4 Å². The first-order chi connectivity index (χ1) is 10.4. The lowest BCUT2D eigenvalue weighted by Crippen LogP contribution is -2.30. The predicted molar refractivity (Wildman–Crippen MR) is 86.4 cm³/mol. The van der Waals surface area contributed by atoms with Crippen molar-refractivity contribution in [3.63, 3.8) is 0 Å². The second kappa shape index (κ2) is 7.13. The number of amides is 1. The average molecular weight is 342 g/mol. The number of aromatic nitrogens is 2. The van der Waals surface area contributed by atoms with Crippen molar-refractivity contribution in [2.24, 2.45) is 0 Å². The van der Waals surface area contributed by atoms with Crippen molar-refractivity contribution in [3.8, 4) is 0 Å². The molecule has 0 radical (unpaired) electrons. The van der Waals surface area contributed by atoms with E-state index in [-0.39, 0.29) is 18.5 Å². The fraction of sp³-hybridized carbons (Fsp3) is 0.333. The normalized spacial score (nSPS) is 12.5. The predicted octanol–water partition coefficient (Wildman–Crippen LogP) is 3.23. The van der Waals surface area contributed by atoms with Gasteiger partial charge in [0, 0.05) is 34.4 Å². The molecule has 1 aromatic heterocycles. The van der Waals surface area contributed by atoms with Crippen molar-refractivity contribution in [1.29, 1.82) is 0 Å². The quantitative estimate of drug-likeness (QED) is 0.877. The molecular weight excluding hydrogens is 325 g/mol. The molecule has 1 unspecified atom stereocenters. The minimum Gasteiger partial charge on any atom is -0.387 e. The number of halogens is 2. The van der Waals surface area contributed by atoms with Crippen molar-refractivity contribution < 1.29 is 9.90 Å². The van der Waals surface area contributed by atoms with Gasteiger partial charge in [0.1, 0.15) is 5.69 Å². The molecule has 0 aliphatic rings. The molecule has 7 heteroatoms. The Kier molecular flexibility index (Phi) is 5.45. The van der Waals surface area contributed by atoms with Gasteiger partial charge in [0.15, 0.2) is 0 Å². The first-order valence-electron chi connectivity index (χ1n) is 6.85. The molecule has 0 bridgehead atoms. The molecule has 118 valence electrons. The zero-order valence-corrected chi connectivity index (χ0v) is 13.8. The summed E-state index contributed by atoms with van der Waals surface area (Å²) in [5.74, 6) is -0.296. The Hall–Kier alpha value is -1.56. The average Bonchev–Trinajstić information content (AvgIpc) is 2.94. The van der Waals surface area contributed by atoms with Crippen LogP contribution in [0, 0.1) is 0 Å². The molecule has 2 rings (SSSR count). The number of benzene rings is 1. The highest BCUT2D eigenvalue weighted by atomic mass is 35.5. The van der Waals surface area contributed by atoms with Gasteiger partial charge in [-0.25, -0.2) is 0 Å². The van der Waals surface area contributed by atoms with Gasteiger partial charge in [0.05, 0.1) is 6.10 Å². The maximum Gasteiger partial charge on any atom is 0.269 e. The van der Waals surface area contributed by atoms with Crippen LogP contribution in [0.2, 0.25) is 10.0 Å². The molecule has 2 N–H and O–H groups in total. The van der Waals surface area contributed by atoms with E-state index in [0.717, 1.165) is 0 Å². The summed E-state index contributed by atoms with van der Waals surface area (Å²) in [6.45, 7) is 3.92. The minimum absolute atomic E-state index is 0.0451. The molecule has 0 saturated carbocycles. The number of nitrogens with zero attached hydrogens (tertiary/aromatic N) is 2. The van der Waals surface area contributed by atoms with Crippen LogP contribution in [0.1, 0.15) is 42.0 Å². The second-order valence-corrected chi connectivity index (χ2v) is 5.99. The summed E-state index contributed by atoms with van der Waals surface area (Å²) in [6.07, 6.45) is 0.658. The Morgan fingerprint density at radius 1 is 1.36 bits per heavy atom. The number of aliphatic hydroxyl groups excluding tert-OH is 1. The van der Waals surface area contributed by atoms with E-state index in [1.54, 1.807) is 35.1 Å². The molecule has 0 aliphatic carbocycles. The zero-order valence-electron chi connectivity index (χ0n) is 12.3. The number of aliphatic hydroxyl groups is 1. The van der Waals surface area contributed by atoms with Gasteiger partial charge in [-0.3, -0.25) is 9.48 Å². The Labute approximate surface area is 138 Å². The van der Waals surface area contributed by atoms with Crippen molar-refractivity contribution in [1.82, 2.24) is 15.1 Å². The Balaban J connectivity index is 2.03. The lowest BCUT2D eigenvalue weighted by atomic mass is 10.1. The topological polar surface area (TPSA) is 67.2 Å². The second-order valence-electron chi connectivity index (χ2n) is 5.15. The standard InChI is InChI=1S/C15H17Cl2N3O2/c1-9(2)20-13(5-6-19-20)15(22)18-8-14(21)11-4-3-10(16)7-12(11)17/h3-7,9,14,21H,8H2,1-2H3,(H,18,22). The summed E-state index contributed by atoms with van der Waals surface area (Å²) >= 11 is 11.9. The lowest BCUT2D eigenvalue weighted by Gasteiger charge is -2.15. The van der Waals surface area contributed by atoms with E-state index in [1.165, 1.54) is 0 Å². The van der Waals surface area contributed by atoms with E-state index < -0.39 is 6.10 Å². The SMILES string of the molecule is CC(C)n1nccc1C(=O)NCC(O)c1ccc(Cl)cc1Cl. The molecule has 0 spiro atoms. The van der Waals surface area contributed by atoms with E-state index >= 15 is 0 Å². The van der Waals surface area contributed by atoms with E-state index in [1.807, 2.05) is 13.8 Å². The fourth-order valence-electron chi connectivity index (χ4n) is 2.07. The van der Waals surface area contributed by atoms with Crippen molar-refractivity contribution >= 4 is 29.1 Å². The molecule has 22 heavy (non-hydrogen) atoms. The number of carbonyl (C=O) groups excluding carboxylic acids is 1. The summed E-state index contributed by atoms with van der Waals surface area (Å²) in [5, 5.41) is 17.8. The molecule has 5 nitrogen and oxygen atoms in total.